The SMILES string of the molecule is CCC1CN(C(=O)C(C)(C)C)CCC1CC(=O)NCCNC(C)=O. The van der Waals surface area contributed by atoms with Crippen molar-refractivity contribution in [3.8, 4) is 0 Å². The van der Waals surface area contributed by atoms with Crippen LogP contribution in [0.15, 0.2) is 0 Å². The number of rotatable bonds is 6. The lowest BCUT2D eigenvalue weighted by atomic mass is 9.80. The van der Waals surface area contributed by atoms with Crippen LogP contribution in [0, 0.1) is 17.3 Å². The number of likely N-dealkylation sites (tertiary alicyclic amines) is 1. The summed E-state index contributed by atoms with van der Waals surface area (Å²) in [4.78, 5) is 37.3. The molecule has 0 aromatic rings. The van der Waals surface area contributed by atoms with Crippen molar-refractivity contribution in [2.75, 3.05) is 26.2 Å². The van der Waals surface area contributed by atoms with Gasteiger partial charge in [-0.05, 0) is 18.3 Å². The van der Waals surface area contributed by atoms with Gasteiger partial charge < -0.3 is 15.5 Å². The molecule has 6 nitrogen and oxygen atoms in total. The van der Waals surface area contributed by atoms with Gasteiger partial charge in [0.1, 0.15) is 0 Å². The van der Waals surface area contributed by atoms with Gasteiger partial charge in [0.2, 0.25) is 17.7 Å². The van der Waals surface area contributed by atoms with E-state index in [1.807, 2.05) is 25.7 Å². The largest absolute Gasteiger partial charge is 0.355 e. The molecule has 0 spiro atoms. The first-order chi connectivity index (χ1) is 11.1. The van der Waals surface area contributed by atoms with Gasteiger partial charge >= 0.3 is 0 Å². The maximum Gasteiger partial charge on any atom is 0.227 e. The molecule has 2 atom stereocenters. The quantitative estimate of drug-likeness (QED) is 0.721. The molecule has 1 aliphatic rings. The van der Waals surface area contributed by atoms with E-state index in [9.17, 15) is 14.4 Å². The highest BCUT2D eigenvalue weighted by Crippen LogP contribution is 2.31. The lowest BCUT2D eigenvalue weighted by Gasteiger charge is -2.40. The minimum Gasteiger partial charge on any atom is -0.355 e. The average molecular weight is 339 g/mol. The van der Waals surface area contributed by atoms with Gasteiger partial charge in [-0.3, -0.25) is 14.4 Å². The zero-order chi connectivity index (χ0) is 18.3. The fourth-order valence-electron chi connectivity index (χ4n) is 3.22. The van der Waals surface area contributed by atoms with Crippen LogP contribution in [0.2, 0.25) is 0 Å². The minimum atomic E-state index is -0.355. The Morgan fingerprint density at radius 1 is 1.08 bits per heavy atom. The maximum absolute atomic E-state index is 12.5. The van der Waals surface area contributed by atoms with Crippen LogP contribution in [0.3, 0.4) is 0 Å². The Bertz CT molecular complexity index is 457. The van der Waals surface area contributed by atoms with Crippen LogP contribution in [0.25, 0.3) is 0 Å². The molecule has 2 unspecified atom stereocenters. The van der Waals surface area contributed by atoms with E-state index in [2.05, 4.69) is 17.6 Å². The summed E-state index contributed by atoms with van der Waals surface area (Å²) in [5.41, 5.74) is -0.355. The molecule has 0 aromatic heterocycles. The molecule has 1 aliphatic heterocycles. The third-order valence-corrected chi connectivity index (χ3v) is 4.61. The minimum absolute atomic E-state index is 0.0272. The van der Waals surface area contributed by atoms with Crippen LogP contribution in [-0.2, 0) is 14.4 Å². The Hall–Kier alpha value is -1.59. The Balaban J connectivity index is 2.46. The molecule has 0 aromatic carbocycles. The molecular weight excluding hydrogens is 306 g/mol. The highest BCUT2D eigenvalue weighted by Gasteiger charge is 2.35. The van der Waals surface area contributed by atoms with Gasteiger partial charge in [-0.1, -0.05) is 34.1 Å². The molecule has 0 saturated carbocycles. The van der Waals surface area contributed by atoms with Gasteiger partial charge in [0.25, 0.3) is 0 Å². The van der Waals surface area contributed by atoms with Crippen molar-refractivity contribution in [2.45, 2.75) is 53.9 Å². The van der Waals surface area contributed by atoms with E-state index in [0.717, 1.165) is 25.9 Å². The molecule has 1 saturated heterocycles. The third-order valence-electron chi connectivity index (χ3n) is 4.61. The van der Waals surface area contributed by atoms with Gasteiger partial charge in [-0.2, -0.15) is 0 Å². The zero-order valence-electron chi connectivity index (χ0n) is 15.8. The molecule has 0 bridgehead atoms. The van der Waals surface area contributed by atoms with E-state index in [1.165, 1.54) is 6.92 Å². The lowest BCUT2D eigenvalue weighted by molar-refractivity contribution is -0.142. The number of piperidine rings is 1. The van der Waals surface area contributed by atoms with Crippen molar-refractivity contribution in [3.05, 3.63) is 0 Å². The van der Waals surface area contributed by atoms with Crippen molar-refractivity contribution in [1.29, 1.82) is 0 Å². The lowest BCUT2D eigenvalue weighted by Crippen LogP contribution is -2.48. The third kappa shape index (κ3) is 6.49. The fourth-order valence-corrected chi connectivity index (χ4v) is 3.22. The van der Waals surface area contributed by atoms with Gasteiger partial charge in [-0.15, -0.1) is 0 Å². The molecule has 0 aliphatic carbocycles. The molecule has 24 heavy (non-hydrogen) atoms. The van der Waals surface area contributed by atoms with E-state index in [0.29, 0.717) is 31.3 Å². The Morgan fingerprint density at radius 3 is 2.25 bits per heavy atom. The smallest absolute Gasteiger partial charge is 0.227 e. The fraction of sp³-hybridized carbons (Fsp3) is 0.833. The highest BCUT2D eigenvalue weighted by atomic mass is 16.2. The van der Waals surface area contributed by atoms with E-state index in [4.69, 9.17) is 0 Å². The molecule has 6 heteroatoms. The number of nitrogens with zero attached hydrogens (tertiary/aromatic N) is 1. The summed E-state index contributed by atoms with van der Waals surface area (Å²) >= 11 is 0. The van der Waals surface area contributed by atoms with E-state index in [-0.39, 0.29) is 23.1 Å². The topological polar surface area (TPSA) is 78.5 Å². The molecule has 0 radical (unpaired) electrons. The zero-order valence-corrected chi connectivity index (χ0v) is 15.8. The van der Waals surface area contributed by atoms with E-state index in [1.54, 1.807) is 0 Å². The summed E-state index contributed by atoms with van der Waals surface area (Å²) in [6, 6.07) is 0. The van der Waals surface area contributed by atoms with Crippen molar-refractivity contribution < 1.29 is 14.4 Å². The number of hydrogen-bond acceptors (Lipinski definition) is 3. The van der Waals surface area contributed by atoms with E-state index < -0.39 is 0 Å². The first kappa shape index (κ1) is 20.5. The van der Waals surface area contributed by atoms with Crippen LogP contribution in [-0.4, -0.2) is 48.8 Å². The van der Waals surface area contributed by atoms with Crippen LogP contribution < -0.4 is 10.6 Å². The molecule has 2 N–H and O–H groups in total. The summed E-state index contributed by atoms with van der Waals surface area (Å²) in [5, 5.41) is 5.51. The normalized spacial score (nSPS) is 21.3. The predicted octanol–water partition coefficient (Wildman–Crippen LogP) is 1.55. The molecule has 1 rings (SSSR count). The molecular formula is C18H33N3O3. The van der Waals surface area contributed by atoms with Crippen molar-refractivity contribution in [1.82, 2.24) is 15.5 Å². The standard InChI is InChI=1S/C18H33N3O3/c1-6-14-12-21(17(24)18(3,4)5)10-7-15(14)11-16(23)20-9-8-19-13(2)22/h14-15H,6-12H2,1-5H3,(H,19,22)(H,20,23). The first-order valence-corrected chi connectivity index (χ1v) is 8.95. The highest BCUT2D eigenvalue weighted by molar-refractivity contribution is 5.81. The second-order valence-corrected chi connectivity index (χ2v) is 7.76. The summed E-state index contributed by atoms with van der Waals surface area (Å²) < 4.78 is 0. The Morgan fingerprint density at radius 2 is 1.71 bits per heavy atom. The summed E-state index contributed by atoms with van der Waals surface area (Å²) in [6.45, 7) is 11.8. The van der Waals surface area contributed by atoms with Gasteiger partial charge in [0, 0.05) is 44.9 Å². The molecule has 1 heterocycles. The second-order valence-electron chi connectivity index (χ2n) is 7.76. The van der Waals surface area contributed by atoms with Crippen LogP contribution in [0.4, 0.5) is 0 Å². The molecule has 138 valence electrons. The van der Waals surface area contributed by atoms with Crippen molar-refractivity contribution in [3.63, 3.8) is 0 Å². The number of amides is 3. The van der Waals surface area contributed by atoms with Crippen LogP contribution in [0.5, 0.6) is 0 Å². The first-order valence-electron chi connectivity index (χ1n) is 8.95. The van der Waals surface area contributed by atoms with E-state index >= 15 is 0 Å². The van der Waals surface area contributed by atoms with Gasteiger partial charge in [-0.25, -0.2) is 0 Å². The Kier molecular flexibility index (Phi) is 7.70. The predicted molar refractivity (Wildman–Crippen MR) is 94.2 cm³/mol. The van der Waals surface area contributed by atoms with Crippen molar-refractivity contribution in [2.24, 2.45) is 17.3 Å². The number of carbonyl (C=O) groups is 3. The maximum atomic E-state index is 12.5. The molecule has 1 fully saturated rings. The number of hydrogen-bond donors (Lipinski definition) is 2. The number of carbonyl (C=O) groups excluding carboxylic acids is 3. The monoisotopic (exact) mass is 339 g/mol. The second kappa shape index (κ2) is 9.04. The number of nitrogens with one attached hydrogen (secondary N) is 2. The van der Waals surface area contributed by atoms with Crippen LogP contribution in [0.1, 0.15) is 53.9 Å². The summed E-state index contributed by atoms with van der Waals surface area (Å²) in [6.07, 6.45) is 2.34. The van der Waals surface area contributed by atoms with Gasteiger partial charge in [0.15, 0.2) is 0 Å². The average Bonchev–Trinajstić information content (AvgIpc) is 2.50. The van der Waals surface area contributed by atoms with Gasteiger partial charge in [0.05, 0.1) is 0 Å². The van der Waals surface area contributed by atoms with Crippen molar-refractivity contribution >= 4 is 17.7 Å². The summed E-state index contributed by atoms with van der Waals surface area (Å²) in [7, 11) is 0. The van der Waals surface area contributed by atoms with Crippen LogP contribution >= 0.6 is 0 Å². The molecule has 3 amide bonds. The Labute approximate surface area is 145 Å². The summed E-state index contributed by atoms with van der Waals surface area (Å²) in [5.74, 6) is 0.815.